The van der Waals surface area contributed by atoms with E-state index in [4.69, 9.17) is 33.8 Å². The highest BCUT2D eigenvalue weighted by atomic mass is 35.5. The van der Waals surface area contributed by atoms with Crippen molar-refractivity contribution >= 4 is 46.8 Å². The number of carbonyl (C=O) groups is 1. The minimum atomic E-state index is -0.515. The van der Waals surface area contributed by atoms with Crippen LogP contribution in [0.5, 0.6) is 0 Å². The van der Waals surface area contributed by atoms with Crippen LogP contribution in [0.25, 0.3) is 0 Å². The largest absolute Gasteiger partial charge is 0.459 e. The normalized spacial score (nSPS) is 11.3. The van der Waals surface area contributed by atoms with Gasteiger partial charge in [-0.2, -0.15) is 0 Å². The van der Waals surface area contributed by atoms with Crippen LogP contribution in [0.3, 0.4) is 0 Å². The summed E-state index contributed by atoms with van der Waals surface area (Å²) in [5, 5.41) is 1.14. The molecule has 1 heterocycles. The van der Waals surface area contributed by atoms with Crippen LogP contribution in [0.15, 0.2) is 11.1 Å². The Hall–Kier alpha value is -0.690. The molecule has 0 atom stereocenters. The van der Waals surface area contributed by atoms with Crippen LogP contribution in [0.4, 0.5) is 5.82 Å². The highest BCUT2D eigenvalue weighted by Gasteiger charge is 2.17. The molecule has 19 heavy (non-hydrogen) atoms. The first-order valence-electron chi connectivity index (χ1n) is 5.40. The Labute approximate surface area is 126 Å². The molecule has 0 aliphatic carbocycles. The molecule has 0 fully saturated rings. The number of nitrogen functional groups attached to an aromatic ring is 1. The third-order valence-electron chi connectivity index (χ3n) is 1.78. The Bertz CT molecular complexity index is 478. The fraction of sp³-hybridized carbons (Fsp3) is 0.455. The predicted molar refractivity (Wildman–Crippen MR) is 78.6 cm³/mol. The standard InChI is InChI=1S/C11H15Cl2N3O2S/c1-11(2,3)18-8(17)5-19-10-7(13)4-6(12)9(15-10)16-14/h4H,5,14H2,1-3H3,(H,15,16). The molecule has 0 bridgehead atoms. The molecule has 1 aromatic rings. The van der Waals surface area contributed by atoms with Gasteiger partial charge in [-0.15, -0.1) is 0 Å². The molecular formula is C11H15Cl2N3O2S. The summed E-state index contributed by atoms with van der Waals surface area (Å²) in [4.78, 5) is 15.7. The number of hydrogen-bond donors (Lipinski definition) is 2. The van der Waals surface area contributed by atoms with Gasteiger partial charge < -0.3 is 10.2 Å². The van der Waals surface area contributed by atoms with E-state index < -0.39 is 5.60 Å². The van der Waals surface area contributed by atoms with E-state index in [1.165, 1.54) is 6.07 Å². The summed E-state index contributed by atoms with van der Waals surface area (Å²) >= 11 is 13.0. The molecule has 0 aromatic carbocycles. The van der Waals surface area contributed by atoms with Crippen molar-refractivity contribution in [2.75, 3.05) is 11.2 Å². The third kappa shape index (κ3) is 5.44. The first-order valence-corrected chi connectivity index (χ1v) is 7.14. The van der Waals surface area contributed by atoms with E-state index in [0.717, 1.165) is 11.8 Å². The van der Waals surface area contributed by atoms with Gasteiger partial charge in [0, 0.05) is 0 Å². The maximum Gasteiger partial charge on any atom is 0.316 e. The number of esters is 1. The first-order chi connectivity index (χ1) is 8.73. The van der Waals surface area contributed by atoms with Crippen molar-refractivity contribution in [3.05, 3.63) is 16.1 Å². The second-order valence-corrected chi connectivity index (χ2v) is 6.40. The summed E-state index contributed by atoms with van der Waals surface area (Å²) in [7, 11) is 0. The van der Waals surface area contributed by atoms with Crippen LogP contribution in [0, 0.1) is 0 Å². The predicted octanol–water partition coefficient (Wildman–Crippen LogP) is 3.11. The average Bonchev–Trinajstić information content (AvgIpc) is 2.25. The number of hydrazine groups is 1. The molecule has 106 valence electrons. The molecule has 0 spiro atoms. The summed E-state index contributed by atoms with van der Waals surface area (Å²) in [5.74, 6) is 5.34. The molecule has 0 aliphatic heterocycles. The minimum Gasteiger partial charge on any atom is -0.459 e. The number of pyridine rings is 1. The molecular weight excluding hydrogens is 309 g/mol. The van der Waals surface area contributed by atoms with E-state index in [-0.39, 0.29) is 11.7 Å². The Balaban J connectivity index is 2.70. The van der Waals surface area contributed by atoms with E-state index in [1.54, 1.807) is 20.8 Å². The molecule has 0 saturated heterocycles. The lowest BCUT2D eigenvalue weighted by molar-refractivity contribution is -0.151. The van der Waals surface area contributed by atoms with Crippen LogP contribution in [0.2, 0.25) is 10.0 Å². The van der Waals surface area contributed by atoms with Gasteiger partial charge in [-0.1, -0.05) is 35.0 Å². The van der Waals surface area contributed by atoms with Gasteiger partial charge >= 0.3 is 5.97 Å². The third-order valence-corrected chi connectivity index (χ3v) is 3.43. The summed E-state index contributed by atoms with van der Waals surface area (Å²) in [6, 6.07) is 1.52. The van der Waals surface area contributed by atoms with Crippen LogP contribution < -0.4 is 11.3 Å². The van der Waals surface area contributed by atoms with Crippen molar-refractivity contribution in [2.45, 2.75) is 31.4 Å². The Morgan fingerprint density at radius 1 is 1.47 bits per heavy atom. The van der Waals surface area contributed by atoms with Crippen LogP contribution in [-0.2, 0) is 9.53 Å². The zero-order valence-electron chi connectivity index (χ0n) is 10.8. The number of nitrogens with zero attached hydrogens (tertiary/aromatic N) is 1. The number of anilines is 1. The second kappa shape index (κ2) is 6.65. The van der Waals surface area contributed by atoms with Gasteiger partial charge in [-0.25, -0.2) is 10.8 Å². The maximum atomic E-state index is 11.6. The summed E-state index contributed by atoms with van der Waals surface area (Å²) < 4.78 is 5.18. The highest BCUT2D eigenvalue weighted by molar-refractivity contribution is 8.00. The number of thioether (sulfide) groups is 1. The Morgan fingerprint density at radius 2 is 2.11 bits per heavy atom. The van der Waals surface area contributed by atoms with Gasteiger partial charge in [0.2, 0.25) is 0 Å². The zero-order valence-corrected chi connectivity index (χ0v) is 13.1. The fourth-order valence-corrected chi connectivity index (χ4v) is 2.39. The van der Waals surface area contributed by atoms with Crippen molar-refractivity contribution in [3.8, 4) is 0 Å². The molecule has 1 rings (SSSR count). The van der Waals surface area contributed by atoms with Gasteiger partial charge in [-0.3, -0.25) is 4.79 Å². The summed E-state index contributed by atoms with van der Waals surface area (Å²) in [5.41, 5.74) is 1.84. The van der Waals surface area contributed by atoms with Crippen LogP contribution in [0.1, 0.15) is 20.8 Å². The monoisotopic (exact) mass is 323 g/mol. The number of aromatic nitrogens is 1. The highest BCUT2D eigenvalue weighted by Crippen LogP contribution is 2.31. The van der Waals surface area contributed by atoms with Crippen molar-refractivity contribution in [2.24, 2.45) is 5.84 Å². The second-order valence-electron chi connectivity index (χ2n) is 4.63. The van der Waals surface area contributed by atoms with E-state index in [9.17, 15) is 4.79 Å². The number of halogens is 2. The number of nitrogens with one attached hydrogen (secondary N) is 1. The number of nitrogens with two attached hydrogens (primary N) is 1. The van der Waals surface area contributed by atoms with Crippen LogP contribution in [-0.4, -0.2) is 22.3 Å². The number of carbonyl (C=O) groups excluding carboxylic acids is 1. The molecule has 3 N–H and O–H groups in total. The zero-order chi connectivity index (χ0) is 14.6. The molecule has 0 amide bonds. The minimum absolute atomic E-state index is 0.107. The van der Waals surface area contributed by atoms with Gasteiger partial charge in [0.25, 0.3) is 0 Å². The number of ether oxygens (including phenoxy) is 1. The van der Waals surface area contributed by atoms with Crippen molar-refractivity contribution in [1.82, 2.24) is 4.98 Å². The van der Waals surface area contributed by atoms with E-state index in [0.29, 0.717) is 20.9 Å². The maximum absolute atomic E-state index is 11.6. The van der Waals surface area contributed by atoms with E-state index >= 15 is 0 Å². The smallest absolute Gasteiger partial charge is 0.316 e. The van der Waals surface area contributed by atoms with Gasteiger partial charge in [0.05, 0.1) is 15.8 Å². The molecule has 0 radical (unpaired) electrons. The molecule has 1 aromatic heterocycles. The quantitative estimate of drug-likeness (QED) is 0.383. The first kappa shape index (κ1) is 16.4. The van der Waals surface area contributed by atoms with E-state index in [1.807, 2.05) is 0 Å². The lowest BCUT2D eigenvalue weighted by Crippen LogP contribution is -2.24. The summed E-state index contributed by atoms with van der Waals surface area (Å²) in [6.07, 6.45) is 0. The van der Waals surface area contributed by atoms with Gasteiger partial charge in [-0.05, 0) is 26.8 Å². The molecule has 8 heteroatoms. The Kier molecular flexibility index (Phi) is 5.73. The molecule has 5 nitrogen and oxygen atoms in total. The molecule has 0 aliphatic rings. The number of hydrogen-bond acceptors (Lipinski definition) is 6. The van der Waals surface area contributed by atoms with Gasteiger partial charge in [0.1, 0.15) is 10.6 Å². The topological polar surface area (TPSA) is 77.2 Å². The van der Waals surface area contributed by atoms with Gasteiger partial charge in [0.15, 0.2) is 5.82 Å². The van der Waals surface area contributed by atoms with Crippen LogP contribution >= 0.6 is 35.0 Å². The lowest BCUT2D eigenvalue weighted by atomic mass is 10.2. The fourth-order valence-electron chi connectivity index (χ4n) is 1.15. The SMILES string of the molecule is CC(C)(C)OC(=O)CSc1nc(NN)c(Cl)cc1Cl. The van der Waals surface area contributed by atoms with Crippen molar-refractivity contribution in [1.29, 1.82) is 0 Å². The lowest BCUT2D eigenvalue weighted by Gasteiger charge is -2.19. The van der Waals surface area contributed by atoms with E-state index in [2.05, 4.69) is 10.4 Å². The average molecular weight is 324 g/mol. The summed E-state index contributed by atoms with van der Waals surface area (Å²) in [6.45, 7) is 5.42. The van der Waals surface area contributed by atoms with Crippen molar-refractivity contribution in [3.63, 3.8) is 0 Å². The molecule has 0 unspecified atom stereocenters. The Morgan fingerprint density at radius 3 is 2.63 bits per heavy atom. The van der Waals surface area contributed by atoms with Crippen molar-refractivity contribution < 1.29 is 9.53 Å². The molecule has 0 saturated carbocycles. The number of rotatable bonds is 4.